The van der Waals surface area contributed by atoms with Crippen molar-refractivity contribution in [2.75, 3.05) is 6.54 Å². The van der Waals surface area contributed by atoms with Crippen LogP contribution in [0.3, 0.4) is 0 Å². The molecule has 2 rings (SSSR count). The summed E-state index contributed by atoms with van der Waals surface area (Å²) in [6, 6.07) is 12.1. The average molecular weight is 213 g/mol. The fourth-order valence-electron chi connectivity index (χ4n) is 1.50. The van der Waals surface area contributed by atoms with E-state index in [9.17, 15) is 0 Å². The topological polar surface area (TPSA) is 39.2 Å². The first-order valence-electron chi connectivity index (χ1n) is 5.26. The molecule has 0 atom stereocenters. The summed E-state index contributed by atoms with van der Waals surface area (Å²) in [5.41, 5.74) is 8.64. The van der Waals surface area contributed by atoms with Crippen LogP contribution in [0.15, 0.2) is 47.4 Å². The monoisotopic (exact) mass is 213 g/mol. The third-order valence-electron chi connectivity index (χ3n) is 2.54. The molecule has 2 N–H and O–H groups in total. The lowest BCUT2D eigenvalue weighted by atomic mass is 10.1. The van der Waals surface area contributed by atoms with Crippen molar-refractivity contribution in [3.63, 3.8) is 0 Å². The zero-order valence-corrected chi connectivity index (χ0v) is 9.36. The van der Waals surface area contributed by atoms with Gasteiger partial charge in [-0.15, -0.1) is 0 Å². The third-order valence-corrected chi connectivity index (χ3v) is 2.54. The van der Waals surface area contributed by atoms with E-state index < -0.39 is 0 Å². The van der Waals surface area contributed by atoms with Crippen LogP contribution in [0, 0.1) is 6.92 Å². The quantitative estimate of drug-likeness (QED) is 0.850. The number of furan rings is 1. The second-order valence-corrected chi connectivity index (χ2v) is 3.84. The van der Waals surface area contributed by atoms with E-state index >= 15 is 0 Å². The molecule has 0 bridgehead atoms. The summed E-state index contributed by atoms with van der Waals surface area (Å²) >= 11 is 0. The van der Waals surface area contributed by atoms with E-state index in [0.29, 0.717) is 6.54 Å². The van der Waals surface area contributed by atoms with Gasteiger partial charge in [0.15, 0.2) is 0 Å². The van der Waals surface area contributed by atoms with Gasteiger partial charge in [0.25, 0.3) is 0 Å². The summed E-state index contributed by atoms with van der Waals surface area (Å²) in [5.74, 6) is 1.61. The predicted molar refractivity (Wildman–Crippen MR) is 67.0 cm³/mol. The third kappa shape index (κ3) is 2.07. The van der Waals surface area contributed by atoms with E-state index in [1.165, 1.54) is 5.56 Å². The Labute approximate surface area is 95.4 Å². The minimum Gasteiger partial charge on any atom is -0.456 e. The summed E-state index contributed by atoms with van der Waals surface area (Å²) in [7, 11) is 0. The molecule has 0 aliphatic carbocycles. The Bertz CT molecular complexity index is 494. The fourth-order valence-corrected chi connectivity index (χ4v) is 1.50. The summed E-state index contributed by atoms with van der Waals surface area (Å²) in [6.07, 6.45) is 0. The number of aryl methyl sites for hydroxylation is 1. The highest BCUT2D eigenvalue weighted by atomic mass is 16.3. The molecule has 0 aliphatic rings. The number of nitrogens with two attached hydrogens (primary N) is 1. The Balaban J connectivity index is 2.31. The Kier molecular flexibility index (Phi) is 2.93. The molecule has 2 nitrogen and oxygen atoms in total. The van der Waals surface area contributed by atoms with Crippen LogP contribution in [0.5, 0.6) is 0 Å². The highest BCUT2D eigenvalue weighted by Gasteiger charge is 2.06. The molecule has 0 spiro atoms. The standard InChI is InChI=1S/C14H15NO/c1-10-3-5-12(6-4-10)14-8-7-13(16-14)11(2)9-15/h3-8H,2,9,15H2,1H3. The average Bonchev–Trinajstić information content (AvgIpc) is 2.78. The number of hydrogen-bond acceptors (Lipinski definition) is 2. The zero-order valence-electron chi connectivity index (χ0n) is 9.36. The molecular weight excluding hydrogens is 198 g/mol. The van der Waals surface area contributed by atoms with Gasteiger partial charge < -0.3 is 10.2 Å². The summed E-state index contributed by atoms with van der Waals surface area (Å²) in [4.78, 5) is 0. The van der Waals surface area contributed by atoms with Crippen molar-refractivity contribution < 1.29 is 4.42 Å². The highest BCUT2D eigenvalue weighted by molar-refractivity contribution is 5.65. The molecule has 0 saturated heterocycles. The molecule has 0 unspecified atom stereocenters. The van der Waals surface area contributed by atoms with Crippen molar-refractivity contribution in [2.24, 2.45) is 5.73 Å². The van der Waals surface area contributed by atoms with E-state index in [-0.39, 0.29) is 0 Å². The predicted octanol–water partition coefficient (Wildman–Crippen LogP) is 3.23. The summed E-state index contributed by atoms with van der Waals surface area (Å²) < 4.78 is 5.68. The van der Waals surface area contributed by atoms with Crippen LogP contribution in [-0.4, -0.2) is 6.54 Å². The Morgan fingerprint density at radius 2 is 1.88 bits per heavy atom. The van der Waals surface area contributed by atoms with Crippen LogP contribution in [0.25, 0.3) is 16.9 Å². The molecule has 0 radical (unpaired) electrons. The lowest BCUT2D eigenvalue weighted by Gasteiger charge is -1.99. The van der Waals surface area contributed by atoms with Gasteiger partial charge in [-0.05, 0) is 19.1 Å². The Morgan fingerprint density at radius 1 is 1.19 bits per heavy atom. The van der Waals surface area contributed by atoms with Gasteiger partial charge in [0.1, 0.15) is 11.5 Å². The molecule has 0 saturated carbocycles. The van der Waals surface area contributed by atoms with Crippen LogP contribution in [0.2, 0.25) is 0 Å². The Morgan fingerprint density at radius 3 is 2.50 bits per heavy atom. The molecule has 0 fully saturated rings. The maximum atomic E-state index is 5.68. The molecule has 82 valence electrons. The minimum atomic E-state index is 0.418. The molecule has 0 amide bonds. The van der Waals surface area contributed by atoms with E-state index in [1.54, 1.807) is 0 Å². The van der Waals surface area contributed by atoms with Crippen molar-refractivity contribution in [3.05, 3.63) is 54.3 Å². The van der Waals surface area contributed by atoms with Gasteiger partial charge in [0.2, 0.25) is 0 Å². The van der Waals surface area contributed by atoms with Gasteiger partial charge in [0, 0.05) is 17.7 Å². The maximum Gasteiger partial charge on any atom is 0.134 e. The number of hydrogen-bond donors (Lipinski definition) is 1. The van der Waals surface area contributed by atoms with Crippen molar-refractivity contribution in [2.45, 2.75) is 6.92 Å². The second kappa shape index (κ2) is 4.37. The van der Waals surface area contributed by atoms with Crippen molar-refractivity contribution >= 4 is 5.57 Å². The van der Waals surface area contributed by atoms with E-state index in [0.717, 1.165) is 22.7 Å². The van der Waals surface area contributed by atoms with E-state index in [1.807, 2.05) is 24.3 Å². The maximum absolute atomic E-state index is 5.68. The lowest BCUT2D eigenvalue weighted by Crippen LogP contribution is -1.99. The molecule has 16 heavy (non-hydrogen) atoms. The second-order valence-electron chi connectivity index (χ2n) is 3.84. The van der Waals surface area contributed by atoms with Gasteiger partial charge >= 0.3 is 0 Å². The SMILES string of the molecule is C=C(CN)c1ccc(-c2ccc(C)cc2)o1. The first kappa shape index (κ1) is 10.7. The van der Waals surface area contributed by atoms with Gasteiger partial charge in [-0.3, -0.25) is 0 Å². The van der Waals surface area contributed by atoms with Crippen LogP contribution in [-0.2, 0) is 0 Å². The van der Waals surface area contributed by atoms with Gasteiger partial charge in [-0.1, -0.05) is 36.4 Å². The van der Waals surface area contributed by atoms with Crippen LogP contribution < -0.4 is 5.73 Å². The van der Waals surface area contributed by atoms with Gasteiger partial charge in [0.05, 0.1) is 0 Å². The molecule has 0 aliphatic heterocycles. The molecule has 1 heterocycles. The van der Waals surface area contributed by atoms with Gasteiger partial charge in [-0.2, -0.15) is 0 Å². The minimum absolute atomic E-state index is 0.418. The first-order valence-corrected chi connectivity index (χ1v) is 5.26. The van der Waals surface area contributed by atoms with Crippen molar-refractivity contribution in [1.82, 2.24) is 0 Å². The van der Waals surface area contributed by atoms with Crippen LogP contribution in [0.1, 0.15) is 11.3 Å². The molecule has 1 aromatic carbocycles. The summed E-state index contributed by atoms with van der Waals surface area (Å²) in [6.45, 7) is 6.33. The van der Waals surface area contributed by atoms with Crippen LogP contribution in [0.4, 0.5) is 0 Å². The Hall–Kier alpha value is -1.80. The molecular formula is C14H15NO. The fraction of sp³-hybridized carbons (Fsp3) is 0.143. The normalized spacial score (nSPS) is 10.4. The van der Waals surface area contributed by atoms with Crippen LogP contribution >= 0.6 is 0 Å². The zero-order chi connectivity index (χ0) is 11.5. The highest BCUT2D eigenvalue weighted by Crippen LogP contribution is 2.25. The smallest absolute Gasteiger partial charge is 0.134 e. The lowest BCUT2D eigenvalue weighted by molar-refractivity contribution is 0.566. The van der Waals surface area contributed by atoms with E-state index in [4.69, 9.17) is 10.2 Å². The summed E-state index contributed by atoms with van der Waals surface area (Å²) in [5, 5.41) is 0. The van der Waals surface area contributed by atoms with Gasteiger partial charge in [-0.25, -0.2) is 0 Å². The first-order chi connectivity index (χ1) is 7.70. The van der Waals surface area contributed by atoms with Crippen molar-refractivity contribution in [3.8, 4) is 11.3 Å². The molecule has 2 heteroatoms. The largest absolute Gasteiger partial charge is 0.456 e. The molecule has 1 aromatic heterocycles. The number of rotatable bonds is 3. The number of benzene rings is 1. The van der Waals surface area contributed by atoms with Crippen molar-refractivity contribution in [1.29, 1.82) is 0 Å². The molecule has 2 aromatic rings. The van der Waals surface area contributed by atoms with E-state index in [2.05, 4.69) is 25.6 Å².